The van der Waals surface area contributed by atoms with E-state index in [0.717, 1.165) is 19.4 Å². The van der Waals surface area contributed by atoms with Gasteiger partial charge in [0, 0.05) is 24.3 Å². The summed E-state index contributed by atoms with van der Waals surface area (Å²) in [6.07, 6.45) is 3.77. The highest BCUT2D eigenvalue weighted by Crippen LogP contribution is 2.22. The number of nitrogens with zero attached hydrogens (tertiary/aromatic N) is 5. The molecule has 1 unspecified atom stereocenters. The molecule has 0 radical (unpaired) electrons. The van der Waals surface area contributed by atoms with Crippen LogP contribution < -0.4 is 5.73 Å². The molecule has 2 N–H and O–H groups in total. The highest BCUT2D eigenvalue weighted by molar-refractivity contribution is 5.96. The molecule has 1 aliphatic rings. The summed E-state index contributed by atoms with van der Waals surface area (Å²) in [6.45, 7) is 2.86. The van der Waals surface area contributed by atoms with Crippen LogP contribution in [0.2, 0.25) is 0 Å². The van der Waals surface area contributed by atoms with Gasteiger partial charge in [-0.3, -0.25) is 9.78 Å². The number of hydrogen-bond donors (Lipinski definition) is 1. The van der Waals surface area contributed by atoms with Crippen molar-refractivity contribution in [2.45, 2.75) is 25.8 Å². The van der Waals surface area contributed by atoms with Crippen LogP contribution in [0.3, 0.4) is 0 Å². The van der Waals surface area contributed by atoms with Crippen LogP contribution in [0, 0.1) is 0 Å². The highest BCUT2D eigenvalue weighted by atomic mass is 16.2. The maximum absolute atomic E-state index is 12.7. The molecule has 3 aromatic heterocycles. The predicted molar refractivity (Wildman–Crippen MR) is 90.4 cm³/mol. The smallest absolute Gasteiger partial charge is 0.254 e. The summed E-state index contributed by atoms with van der Waals surface area (Å²) < 4.78 is 1.54. The van der Waals surface area contributed by atoms with Gasteiger partial charge < -0.3 is 10.6 Å². The molecule has 0 saturated carbocycles. The molecular formula is C17H18N6O. The number of carbonyl (C=O) groups is 1. The van der Waals surface area contributed by atoms with Gasteiger partial charge in [-0.1, -0.05) is 6.07 Å². The number of hydrogen-bond acceptors (Lipinski definition) is 5. The van der Waals surface area contributed by atoms with E-state index in [0.29, 0.717) is 28.5 Å². The molecule has 7 heteroatoms. The van der Waals surface area contributed by atoms with Gasteiger partial charge in [0.25, 0.3) is 5.91 Å². The molecule has 1 fully saturated rings. The first kappa shape index (κ1) is 14.6. The number of nitrogens with two attached hydrogens (primary N) is 1. The van der Waals surface area contributed by atoms with Gasteiger partial charge in [-0.25, -0.2) is 4.98 Å². The van der Waals surface area contributed by atoms with E-state index in [-0.39, 0.29) is 11.9 Å². The lowest BCUT2D eigenvalue weighted by Gasteiger charge is -2.21. The van der Waals surface area contributed by atoms with Crippen LogP contribution in [0.25, 0.3) is 17.2 Å². The standard InChI is InChI=1S/C17H18N6O/c1-11-5-4-8-22(11)17(24)12-9-14(18)23-15(10-12)20-16(21-23)13-6-2-3-7-19-13/h2-3,6-7,9-11H,4-5,8,18H2,1H3. The van der Waals surface area contributed by atoms with Gasteiger partial charge in [-0.2, -0.15) is 4.52 Å². The molecule has 0 aliphatic carbocycles. The van der Waals surface area contributed by atoms with E-state index in [1.807, 2.05) is 23.1 Å². The van der Waals surface area contributed by atoms with E-state index >= 15 is 0 Å². The Morgan fingerprint density at radius 3 is 2.92 bits per heavy atom. The summed E-state index contributed by atoms with van der Waals surface area (Å²) in [4.78, 5) is 23.3. The molecule has 4 rings (SSSR count). The summed E-state index contributed by atoms with van der Waals surface area (Å²) in [5.41, 5.74) is 7.85. The minimum absolute atomic E-state index is 0.00316. The minimum atomic E-state index is -0.00316. The topological polar surface area (TPSA) is 89.4 Å². The Labute approximate surface area is 139 Å². The summed E-state index contributed by atoms with van der Waals surface area (Å²) in [5.74, 6) is 0.871. The fourth-order valence-corrected chi connectivity index (χ4v) is 3.14. The van der Waals surface area contributed by atoms with Gasteiger partial charge in [0.05, 0.1) is 0 Å². The van der Waals surface area contributed by atoms with Gasteiger partial charge in [0.1, 0.15) is 11.5 Å². The number of rotatable bonds is 2. The normalized spacial score (nSPS) is 17.5. The van der Waals surface area contributed by atoms with Crippen molar-refractivity contribution in [2.75, 3.05) is 12.3 Å². The van der Waals surface area contributed by atoms with E-state index in [2.05, 4.69) is 22.0 Å². The van der Waals surface area contributed by atoms with Crippen molar-refractivity contribution in [2.24, 2.45) is 0 Å². The summed E-state index contributed by atoms with van der Waals surface area (Å²) in [6, 6.07) is 9.21. The van der Waals surface area contributed by atoms with Crippen molar-refractivity contribution < 1.29 is 4.79 Å². The van der Waals surface area contributed by atoms with Crippen molar-refractivity contribution in [1.82, 2.24) is 24.5 Å². The number of aromatic nitrogens is 4. The van der Waals surface area contributed by atoms with E-state index in [4.69, 9.17) is 5.73 Å². The average molecular weight is 322 g/mol. The Hall–Kier alpha value is -2.96. The largest absolute Gasteiger partial charge is 0.384 e. The van der Waals surface area contributed by atoms with E-state index in [1.165, 1.54) is 4.52 Å². The lowest BCUT2D eigenvalue weighted by molar-refractivity contribution is 0.0747. The zero-order valence-corrected chi connectivity index (χ0v) is 13.4. The van der Waals surface area contributed by atoms with Crippen molar-refractivity contribution in [3.8, 4) is 11.5 Å². The summed E-state index contributed by atoms with van der Waals surface area (Å²) >= 11 is 0. The number of amides is 1. The van der Waals surface area contributed by atoms with Crippen molar-refractivity contribution in [3.63, 3.8) is 0 Å². The Bertz CT molecular complexity index is 904. The van der Waals surface area contributed by atoms with Crippen LogP contribution in [0.5, 0.6) is 0 Å². The molecule has 1 amide bonds. The lowest BCUT2D eigenvalue weighted by Crippen LogP contribution is -2.33. The molecule has 4 heterocycles. The second-order valence-corrected chi connectivity index (χ2v) is 6.08. The molecule has 0 spiro atoms. The Kier molecular flexibility index (Phi) is 3.41. The SMILES string of the molecule is CC1CCCN1C(=O)c1cc(N)n2nc(-c3ccccn3)nc2c1. The van der Waals surface area contributed by atoms with Gasteiger partial charge in [0.2, 0.25) is 5.82 Å². The number of pyridine rings is 2. The number of carbonyl (C=O) groups excluding carboxylic acids is 1. The van der Waals surface area contributed by atoms with Crippen LogP contribution in [0.4, 0.5) is 5.82 Å². The number of fused-ring (bicyclic) bond motifs is 1. The summed E-state index contributed by atoms with van der Waals surface area (Å²) in [7, 11) is 0. The molecule has 1 atom stereocenters. The van der Waals surface area contributed by atoms with Crippen molar-refractivity contribution >= 4 is 17.4 Å². The molecule has 1 aliphatic heterocycles. The van der Waals surface area contributed by atoms with Crippen LogP contribution in [-0.4, -0.2) is 43.0 Å². The molecule has 3 aromatic rings. The summed E-state index contributed by atoms with van der Waals surface area (Å²) in [5, 5.41) is 4.39. The zero-order valence-electron chi connectivity index (χ0n) is 13.4. The monoisotopic (exact) mass is 322 g/mol. The Morgan fingerprint density at radius 2 is 2.21 bits per heavy atom. The fraction of sp³-hybridized carbons (Fsp3) is 0.294. The quantitative estimate of drug-likeness (QED) is 0.779. The minimum Gasteiger partial charge on any atom is -0.384 e. The van der Waals surface area contributed by atoms with E-state index in [9.17, 15) is 4.79 Å². The van der Waals surface area contributed by atoms with Crippen molar-refractivity contribution in [1.29, 1.82) is 0 Å². The molecule has 7 nitrogen and oxygen atoms in total. The van der Waals surface area contributed by atoms with Crippen LogP contribution in [0.1, 0.15) is 30.1 Å². The molecule has 24 heavy (non-hydrogen) atoms. The van der Waals surface area contributed by atoms with Gasteiger partial charge in [-0.15, -0.1) is 5.10 Å². The second kappa shape index (κ2) is 5.59. The second-order valence-electron chi connectivity index (χ2n) is 6.08. The van der Waals surface area contributed by atoms with Crippen molar-refractivity contribution in [3.05, 3.63) is 42.1 Å². The Morgan fingerprint density at radius 1 is 1.33 bits per heavy atom. The highest BCUT2D eigenvalue weighted by Gasteiger charge is 2.26. The predicted octanol–water partition coefficient (Wildman–Crippen LogP) is 2.00. The van der Waals surface area contributed by atoms with Crippen LogP contribution >= 0.6 is 0 Å². The molecule has 0 aromatic carbocycles. The lowest BCUT2D eigenvalue weighted by atomic mass is 10.2. The maximum Gasteiger partial charge on any atom is 0.254 e. The third-order valence-electron chi connectivity index (χ3n) is 4.42. The molecule has 1 saturated heterocycles. The van der Waals surface area contributed by atoms with Gasteiger partial charge in [0.15, 0.2) is 5.65 Å². The first-order valence-electron chi connectivity index (χ1n) is 8.02. The third kappa shape index (κ3) is 2.38. The van der Waals surface area contributed by atoms with Crippen LogP contribution in [-0.2, 0) is 0 Å². The number of anilines is 1. The van der Waals surface area contributed by atoms with E-state index < -0.39 is 0 Å². The first-order valence-corrected chi connectivity index (χ1v) is 8.02. The molecule has 122 valence electrons. The van der Waals surface area contributed by atoms with Gasteiger partial charge >= 0.3 is 0 Å². The molecular weight excluding hydrogens is 304 g/mol. The average Bonchev–Trinajstić information content (AvgIpc) is 3.21. The van der Waals surface area contributed by atoms with Crippen LogP contribution in [0.15, 0.2) is 36.5 Å². The molecule has 0 bridgehead atoms. The number of likely N-dealkylation sites (tertiary alicyclic amines) is 1. The fourth-order valence-electron chi connectivity index (χ4n) is 3.14. The number of nitrogen functional groups attached to an aromatic ring is 1. The van der Waals surface area contributed by atoms with E-state index in [1.54, 1.807) is 18.3 Å². The zero-order chi connectivity index (χ0) is 16.7. The Balaban J connectivity index is 1.76. The first-order chi connectivity index (χ1) is 11.6. The van der Waals surface area contributed by atoms with Gasteiger partial charge in [-0.05, 0) is 44.0 Å². The maximum atomic E-state index is 12.7. The third-order valence-corrected chi connectivity index (χ3v) is 4.42.